The van der Waals surface area contributed by atoms with E-state index < -0.39 is 17.7 Å². The van der Waals surface area contributed by atoms with Crippen LogP contribution in [0.15, 0.2) is 71.0 Å². The highest BCUT2D eigenvalue weighted by molar-refractivity contribution is 6.51. The van der Waals surface area contributed by atoms with Crippen molar-refractivity contribution < 1.29 is 24.0 Å². The van der Waals surface area contributed by atoms with E-state index in [-0.39, 0.29) is 17.3 Å². The number of hydrogen-bond acceptors (Lipinski definition) is 6. The first-order chi connectivity index (χ1) is 16.6. The largest absolute Gasteiger partial charge is 0.507 e. The van der Waals surface area contributed by atoms with Gasteiger partial charge < -0.3 is 9.63 Å². The van der Waals surface area contributed by atoms with Gasteiger partial charge in [-0.25, -0.2) is 0 Å². The molecule has 0 spiro atoms. The van der Waals surface area contributed by atoms with Crippen molar-refractivity contribution in [2.24, 2.45) is 5.92 Å². The Hall–Kier alpha value is -4.00. The van der Waals surface area contributed by atoms with Crippen LogP contribution >= 0.6 is 0 Å². The predicted octanol–water partition coefficient (Wildman–Crippen LogP) is 4.99. The molecule has 1 saturated carbocycles. The van der Waals surface area contributed by atoms with Gasteiger partial charge in [0.15, 0.2) is 0 Å². The van der Waals surface area contributed by atoms with Gasteiger partial charge >= 0.3 is 0 Å². The molecule has 1 saturated heterocycles. The Kier molecular flexibility index (Phi) is 5.84. The third kappa shape index (κ3) is 3.83. The zero-order valence-electron chi connectivity index (χ0n) is 18.5. The molecule has 1 amide bonds. The number of Topliss-reactive ketones (excluding diaryl/α,β-unsaturated/α-hetero) is 1. The van der Waals surface area contributed by atoms with E-state index in [2.05, 4.69) is 5.16 Å². The number of carbonyl (C=O) groups is 3. The maximum atomic E-state index is 13.3. The van der Waals surface area contributed by atoms with E-state index in [0.717, 1.165) is 37.7 Å². The number of hydrogen-bond donors (Lipinski definition) is 1. The first-order valence-electron chi connectivity index (χ1n) is 11.5. The summed E-state index contributed by atoms with van der Waals surface area (Å²) in [4.78, 5) is 39.1. The Bertz CT molecular complexity index is 1240. The minimum Gasteiger partial charge on any atom is -0.507 e. The maximum absolute atomic E-state index is 13.3. The number of aliphatic hydroxyl groups excluding tert-OH is 1. The summed E-state index contributed by atoms with van der Waals surface area (Å²) in [6, 6.07) is 14.8. The summed E-state index contributed by atoms with van der Waals surface area (Å²) in [5.41, 5.74) is 3.12. The molecule has 0 radical (unpaired) electrons. The summed E-state index contributed by atoms with van der Waals surface area (Å²) < 4.78 is 4.91. The van der Waals surface area contributed by atoms with E-state index >= 15 is 0 Å². The number of ketones is 1. The van der Waals surface area contributed by atoms with Crippen LogP contribution in [0.1, 0.15) is 48.0 Å². The minimum atomic E-state index is -0.687. The van der Waals surface area contributed by atoms with Crippen molar-refractivity contribution in [1.82, 2.24) is 5.16 Å². The van der Waals surface area contributed by atoms with Crippen molar-refractivity contribution in [2.45, 2.75) is 38.1 Å². The summed E-state index contributed by atoms with van der Waals surface area (Å²) in [5.74, 6) is -1.47. The van der Waals surface area contributed by atoms with Gasteiger partial charge in [0, 0.05) is 28.4 Å². The summed E-state index contributed by atoms with van der Waals surface area (Å²) in [5, 5.41) is 15.1. The molecule has 2 heterocycles. The number of nitrogens with zero attached hydrogens (tertiary/aromatic N) is 2. The highest BCUT2D eigenvalue weighted by Crippen LogP contribution is 2.41. The van der Waals surface area contributed by atoms with Gasteiger partial charge in [-0.1, -0.05) is 60.8 Å². The van der Waals surface area contributed by atoms with Crippen LogP contribution in [0.4, 0.5) is 5.69 Å². The number of aldehydes is 1. The number of amides is 1. The van der Waals surface area contributed by atoms with Gasteiger partial charge in [-0.15, -0.1) is 0 Å². The van der Waals surface area contributed by atoms with Crippen LogP contribution in [0.5, 0.6) is 0 Å². The molecule has 1 N–H and O–H groups in total. The fourth-order valence-corrected chi connectivity index (χ4v) is 5.07. The fourth-order valence-electron chi connectivity index (χ4n) is 5.07. The number of benzene rings is 2. The Labute approximate surface area is 196 Å². The monoisotopic (exact) mass is 456 g/mol. The average Bonchev–Trinajstić information content (AvgIpc) is 3.52. The number of anilines is 1. The standard InChI is InChI=1S/C27H24N2O5/c30-16-17-6-8-20(9-7-17)25(31)23-24(19-4-2-1-3-5-19)29(27(33)26(23)32)21-12-10-18(11-13-21)22-14-15-34-28-22/h6-16,19,24,31H,1-5H2. The van der Waals surface area contributed by atoms with E-state index in [1.165, 1.54) is 11.2 Å². The molecule has 1 aromatic heterocycles. The summed E-state index contributed by atoms with van der Waals surface area (Å²) in [6.45, 7) is 0. The van der Waals surface area contributed by atoms with Gasteiger partial charge in [0.2, 0.25) is 0 Å². The summed E-state index contributed by atoms with van der Waals surface area (Å²) >= 11 is 0. The molecule has 7 nitrogen and oxygen atoms in total. The van der Waals surface area contributed by atoms with E-state index in [9.17, 15) is 19.5 Å². The highest BCUT2D eigenvalue weighted by Gasteiger charge is 2.49. The topological polar surface area (TPSA) is 101 Å². The Morgan fingerprint density at radius 2 is 1.68 bits per heavy atom. The molecule has 1 atom stereocenters. The molecule has 2 aliphatic rings. The van der Waals surface area contributed by atoms with Gasteiger partial charge in [0.25, 0.3) is 11.7 Å². The first kappa shape index (κ1) is 21.8. The average molecular weight is 456 g/mol. The molecule has 1 aliphatic carbocycles. The van der Waals surface area contributed by atoms with Crippen LogP contribution < -0.4 is 4.90 Å². The van der Waals surface area contributed by atoms with E-state index in [1.807, 2.05) is 12.1 Å². The Balaban J connectivity index is 1.58. The van der Waals surface area contributed by atoms with Crippen LogP contribution in [-0.2, 0) is 9.59 Å². The van der Waals surface area contributed by atoms with E-state index in [1.54, 1.807) is 42.5 Å². The molecule has 172 valence electrons. The molecule has 2 aromatic carbocycles. The number of rotatable bonds is 5. The summed E-state index contributed by atoms with van der Waals surface area (Å²) in [6.07, 6.45) is 7.12. The third-order valence-electron chi connectivity index (χ3n) is 6.78. The second-order valence-electron chi connectivity index (χ2n) is 8.78. The van der Waals surface area contributed by atoms with Crippen LogP contribution in [0, 0.1) is 5.92 Å². The van der Waals surface area contributed by atoms with Crippen LogP contribution in [0.2, 0.25) is 0 Å². The molecule has 7 heteroatoms. The van der Waals surface area contributed by atoms with Gasteiger partial charge in [0.1, 0.15) is 24.0 Å². The molecular weight excluding hydrogens is 432 g/mol. The molecule has 5 rings (SSSR count). The minimum absolute atomic E-state index is 0.0609. The molecule has 3 aromatic rings. The predicted molar refractivity (Wildman–Crippen MR) is 126 cm³/mol. The van der Waals surface area contributed by atoms with Crippen molar-refractivity contribution in [3.63, 3.8) is 0 Å². The van der Waals surface area contributed by atoms with E-state index in [4.69, 9.17) is 4.52 Å². The van der Waals surface area contributed by atoms with Crippen LogP contribution in [-0.4, -0.2) is 34.3 Å². The number of aliphatic hydroxyl groups is 1. The second kappa shape index (κ2) is 9.09. The Morgan fingerprint density at radius 1 is 0.971 bits per heavy atom. The molecule has 0 bridgehead atoms. The smallest absolute Gasteiger partial charge is 0.299 e. The number of carbonyl (C=O) groups excluding carboxylic acids is 3. The lowest BCUT2D eigenvalue weighted by Gasteiger charge is -2.34. The lowest BCUT2D eigenvalue weighted by Crippen LogP contribution is -2.40. The van der Waals surface area contributed by atoms with Crippen molar-refractivity contribution >= 4 is 29.4 Å². The summed E-state index contributed by atoms with van der Waals surface area (Å²) in [7, 11) is 0. The quantitative estimate of drug-likeness (QED) is 0.251. The fraction of sp³-hybridized carbons (Fsp3) is 0.259. The van der Waals surface area contributed by atoms with Gasteiger partial charge in [-0.05, 0) is 30.9 Å². The molecule has 1 unspecified atom stereocenters. The van der Waals surface area contributed by atoms with Crippen molar-refractivity contribution in [3.8, 4) is 11.3 Å². The zero-order valence-corrected chi connectivity index (χ0v) is 18.5. The van der Waals surface area contributed by atoms with Crippen molar-refractivity contribution in [3.05, 3.63) is 77.6 Å². The van der Waals surface area contributed by atoms with Crippen LogP contribution in [0.3, 0.4) is 0 Å². The van der Waals surface area contributed by atoms with Crippen molar-refractivity contribution in [1.29, 1.82) is 0 Å². The highest BCUT2D eigenvalue weighted by atomic mass is 16.5. The zero-order chi connectivity index (χ0) is 23.7. The lowest BCUT2D eigenvalue weighted by molar-refractivity contribution is -0.132. The first-order valence-corrected chi connectivity index (χ1v) is 11.5. The van der Waals surface area contributed by atoms with Crippen molar-refractivity contribution in [2.75, 3.05) is 4.90 Å². The molecule has 1 aliphatic heterocycles. The number of aromatic nitrogens is 1. The van der Waals surface area contributed by atoms with Gasteiger partial charge in [-0.3, -0.25) is 19.3 Å². The van der Waals surface area contributed by atoms with Gasteiger partial charge in [0.05, 0.1) is 11.6 Å². The molecular formula is C27H24N2O5. The SMILES string of the molecule is O=Cc1ccc(C(O)=C2C(=O)C(=O)N(c3ccc(-c4ccon4)cc3)C2C2CCCCC2)cc1. The third-order valence-corrected chi connectivity index (χ3v) is 6.78. The van der Waals surface area contributed by atoms with E-state index in [0.29, 0.717) is 28.8 Å². The lowest BCUT2D eigenvalue weighted by atomic mass is 9.80. The maximum Gasteiger partial charge on any atom is 0.299 e. The Morgan fingerprint density at radius 3 is 2.29 bits per heavy atom. The molecule has 34 heavy (non-hydrogen) atoms. The normalized spacial score (nSPS) is 20.6. The van der Waals surface area contributed by atoms with Crippen LogP contribution in [0.25, 0.3) is 17.0 Å². The molecule has 2 fully saturated rings. The second-order valence-corrected chi connectivity index (χ2v) is 8.78. The van der Waals surface area contributed by atoms with Gasteiger partial charge in [-0.2, -0.15) is 0 Å².